The SMILES string of the molecule is CC(O)C(NC(=O)C(CCCCN)NC(=O)C1CCCN1)C(=O)NC(Cc1c[nH]c2ccccc12)C(=O)O. The van der Waals surface area contributed by atoms with Gasteiger partial charge in [0.25, 0.3) is 0 Å². The predicted molar refractivity (Wildman–Crippen MR) is 141 cm³/mol. The van der Waals surface area contributed by atoms with Crippen molar-refractivity contribution in [3.05, 3.63) is 36.0 Å². The number of aromatic nitrogens is 1. The molecule has 0 radical (unpaired) electrons. The van der Waals surface area contributed by atoms with E-state index in [1.54, 1.807) is 6.20 Å². The minimum absolute atomic E-state index is 0.00226. The highest BCUT2D eigenvalue weighted by Gasteiger charge is 2.33. The molecule has 12 nitrogen and oxygen atoms in total. The zero-order valence-electron chi connectivity index (χ0n) is 21.5. The molecular weight excluding hydrogens is 492 g/mol. The van der Waals surface area contributed by atoms with Crippen molar-refractivity contribution in [1.82, 2.24) is 26.3 Å². The number of benzene rings is 1. The first-order valence-corrected chi connectivity index (χ1v) is 13.0. The lowest BCUT2D eigenvalue weighted by Gasteiger charge is -2.26. The number of hydrogen-bond acceptors (Lipinski definition) is 7. The fraction of sp³-hybridized carbons (Fsp3) is 0.538. The highest BCUT2D eigenvalue weighted by atomic mass is 16.4. The van der Waals surface area contributed by atoms with E-state index in [1.165, 1.54) is 6.92 Å². The van der Waals surface area contributed by atoms with Crippen LogP contribution < -0.4 is 27.0 Å². The third kappa shape index (κ3) is 7.76. The van der Waals surface area contributed by atoms with Gasteiger partial charge in [-0.1, -0.05) is 18.2 Å². The molecule has 1 fully saturated rings. The van der Waals surface area contributed by atoms with Crippen LogP contribution in [0.3, 0.4) is 0 Å². The molecule has 5 unspecified atom stereocenters. The number of carboxylic acids is 1. The summed E-state index contributed by atoms with van der Waals surface area (Å²) < 4.78 is 0. The van der Waals surface area contributed by atoms with Crippen LogP contribution in [0.5, 0.6) is 0 Å². The molecule has 12 heteroatoms. The van der Waals surface area contributed by atoms with Crippen LogP contribution in [-0.4, -0.2) is 82.2 Å². The molecule has 0 bridgehead atoms. The van der Waals surface area contributed by atoms with Crippen LogP contribution in [0, 0.1) is 0 Å². The van der Waals surface area contributed by atoms with Gasteiger partial charge in [0.15, 0.2) is 0 Å². The van der Waals surface area contributed by atoms with E-state index in [2.05, 4.69) is 26.3 Å². The number of carbonyl (C=O) groups excluding carboxylic acids is 3. The fourth-order valence-electron chi connectivity index (χ4n) is 4.58. The first-order chi connectivity index (χ1) is 18.2. The smallest absolute Gasteiger partial charge is 0.326 e. The number of nitrogens with two attached hydrogens (primary N) is 1. The van der Waals surface area contributed by atoms with E-state index in [9.17, 15) is 29.4 Å². The Morgan fingerprint density at radius 3 is 2.50 bits per heavy atom. The van der Waals surface area contributed by atoms with E-state index in [1.807, 2.05) is 24.3 Å². The lowest BCUT2D eigenvalue weighted by atomic mass is 10.0. The summed E-state index contributed by atoms with van der Waals surface area (Å²) in [5.74, 6) is -3.04. The number of fused-ring (bicyclic) bond motifs is 1. The molecular formula is C26H38N6O6. The van der Waals surface area contributed by atoms with Gasteiger partial charge in [-0.15, -0.1) is 0 Å². The van der Waals surface area contributed by atoms with E-state index < -0.39 is 48.1 Å². The first-order valence-electron chi connectivity index (χ1n) is 13.0. The molecule has 5 atom stereocenters. The number of aliphatic carboxylic acids is 1. The number of hydrogen-bond donors (Lipinski definition) is 8. The van der Waals surface area contributed by atoms with Crippen LogP contribution in [0.25, 0.3) is 10.9 Å². The van der Waals surface area contributed by atoms with E-state index in [0.717, 1.165) is 23.9 Å². The minimum Gasteiger partial charge on any atom is -0.480 e. The Bertz CT molecular complexity index is 1110. The number of rotatable bonds is 14. The molecule has 1 aromatic heterocycles. The van der Waals surface area contributed by atoms with E-state index in [4.69, 9.17) is 5.73 Å². The summed E-state index contributed by atoms with van der Waals surface area (Å²) in [6, 6.07) is 3.34. The maximum Gasteiger partial charge on any atom is 0.326 e. The Hall–Kier alpha value is -3.48. The van der Waals surface area contributed by atoms with Crippen molar-refractivity contribution in [3.8, 4) is 0 Å². The van der Waals surface area contributed by atoms with E-state index in [0.29, 0.717) is 37.8 Å². The average Bonchev–Trinajstić information content (AvgIpc) is 3.56. The molecule has 3 rings (SSSR count). The lowest BCUT2D eigenvalue weighted by molar-refractivity contribution is -0.143. The van der Waals surface area contributed by atoms with E-state index >= 15 is 0 Å². The second-order valence-electron chi connectivity index (χ2n) is 9.68. The summed E-state index contributed by atoms with van der Waals surface area (Å²) in [5, 5.41) is 31.7. The number of carboxylic acid groups (broad SMARTS) is 1. The number of aliphatic hydroxyl groups excluding tert-OH is 1. The van der Waals surface area contributed by atoms with Crippen molar-refractivity contribution in [1.29, 1.82) is 0 Å². The van der Waals surface area contributed by atoms with Crippen LogP contribution in [0.2, 0.25) is 0 Å². The Balaban J connectivity index is 1.68. The third-order valence-electron chi connectivity index (χ3n) is 6.73. The topological polar surface area (TPSA) is 199 Å². The molecule has 0 saturated carbocycles. The lowest BCUT2D eigenvalue weighted by Crippen LogP contribution is -2.60. The van der Waals surface area contributed by atoms with Crippen LogP contribution in [-0.2, 0) is 25.6 Å². The number of aromatic amines is 1. The van der Waals surface area contributed by atoms with Gasteiger partial charge in [-0.2, -0.15) is 0 Å². The molecule has 0 spiro atoms. The summed E-state index contributed by atoms with van der Waals surface area (Å²) in [7, 11) is 0. The van der Waals surface area contributed by atoms with Gasteiger partial charge < -0.3 is 42.2 Å². The Labute approximate surface area is 221 Å². The van der Waals surface area contributed by atoms with Crippen molar-refractivity contribution in [2.45, 2.75) is 75.7 Å². The standard InChI is InChI=1S/C26H38N6O6/c1-15(33)22(32-24(35)20(9-4-5-11-27)30-23(34)19-10-6-12-28-19)25(36)31-21(26(37)38)13-16-14-29-18-8-3-2-7-17(16)18/h2-3,7-8,14-15,19-22,28-29,33H,4-6,9-13,27H2,1H3,(H,30,34)(H,31,36)(H,32,35)(H,37,38). The van der Waals surface area contributed by atoms with Gasteiger partial charge >= 0.3 is 5.97 Å². The highest BCUT2D eigenvalue weighted by Crippen LogP contribution is 2.19. The van der Waals surface area contributed by atoms with Crippen molar-refractivity contribution in [3.63, 3.8) is 0 Å². The number of para-hydroxylation sites is 1. The molecule has 38 heavy (non-hydrogen) atoms. The minimum atomic E-state index is -1.43. The number of H-pyrrole nitrogens is 1. The van der Waals surface area contributed by atoms with Gasteiger partial charge in [0, 0.05) is 23.5 Å². The summed E-state index contributed by atoms with van der Waals surface area (Å²) in [6.07, 6.45) is 3.41. The van der Waals surface area contributed by atoms with Gasteiger partial charge in [-0.05, 0) is 63.7 Å². The van der Waals surface area contributed by atoms with Gasteiger partial charge in [-0.3, -0.25) is 14.4 Å². The van der Waals surface area contributed by atoms with Gasteiger partial charge in [0.1, 0.15) is 18.1 Å². The zero-order valence-corrected chi connectivity index (χ0v) is 21.5. The molecule has 1 aliphatic rings. The van der Waals surface area contributed by atoms with Crippen LogP contribution in [0.15, 0.2) is 30.5 Å². The molecule has 2 heterocycles. The molecule has 0 aliphatic carbocycles. The molecule has 3 amide bonds. The highest BCUT2D eigenvalue weighted by molar-refractivity contribution is 5.94. The van der Waals surface area contributed by atoms with Crippen LogP contribution in [0.4, 0.5) is 0 Å². The van der Waals surface area contributed by atoms with Crippen molar-refractivity contribution >= 4 is 34.6 Å². The Kier molecular flexibility index (Phi) is 10.6. The Morgan fingerprint density at radius 2 is 1.84 bits per heavy atom. The molecule has 2 aromatic rings. The Morgan fingerprint density at radius 1 is 1.08 bits per heavy atom. The molecule has 208 valence electrons. The summed E-state index contributed by atoms with van der Waals surface area (Å²) >= 11 is 0. The normalized spacial score (nSPS) is 18.3. The maximum absolute atomic E-state index is 13.1. The number of amides is 3. The quantitative estimate of drug-likeness (QED) is 0.150. The fourth-order valence-corrected chi connectivity index (χ4v) is 4.58. The summed E-state index contributed by atoms with van der Waals surface area (Å²) in [5.41, 5.74) is 7.11. The molecule has 1 aliphatic heterocycles. The zero-order chi connectivity index (χ0) is 27.7. The maximum atomic E-state index is 13.1. The monoisotopic (exact) mass is 530 g/mol. The molecule has 1 saturated heterocycles. The summed E-state index contributed by atoms with van der Waals surface area (Å²) in [6.45, 7) is 2.47. The first kappa shape index (κ1) is 29.1. The second-order valence-corrected chi connectivity index (χ2v) is 9.68. The van der Waals surface area contributed by atoms with E-state index in [-0.39, 0.29) is 12.3 Å². The van der Waals surface area contributed by atoms with Gasteiger partial charge in [-0.25, -0.2) is 4.79 Å². The van der Waals surface area contributed by atoms with Crippen molar-refractivity contribution in [2.75, 3.05) is 13.1 Å². The number of nitrogens with one attached hydrogen (secondary N) is 5. The second kappa shape index (κ2) is 13.9. The summed E-state index contributed by atoms with van der Waals surface area (Å²) in [4.78, 5) is 53.9. The number of unbranched alkanes of at least 4 members (excludes halogenated alkanes) is 1. The van der Waals surface area contributed by atoms with Gasteiger partial charge in [0.2, 0.25) is 17.7 Å². The molecule has 9 N–H and O–H groups in total. The van der Waals surface area contributed by atoms with Gasteiger partial charge in [0.05, 0.1) is 12.1 Å². The predicted octanol–water partition coefficient (Wildman–Crippen LogP) is -0.489. The third-order valence-corrected chi connectivity index (χ3v) is 6.73. The number of aliphatic hydroxyl groups is 1. The van der Waals surface area contributed by atoms with Crippen LogP contribution >= 0.6 is 0 Å². The van der Waals surface area contributed by atoms with Crippen LogP contribution in [0.1, 0.15) is 44.6 Å². The van der Waals surface area contributed by atoms with Crippen molar-refractivity contribution < 1.29 is 29.4 Å². The van der Waals surface area contributed by atoms with Crippen molar-refractivity contribution in [2.24, 2.45) is 5.73 Å². The number of carbonyl (C=O) groups is 4. The largest absolute Gasteiger partial charge is 0.480 e. The molecule has 1 aromatic carbocycles. The average molecular weight is 531 g/mol.